The lowest BCUT2D eigenvalue weighted by Gasteiger charge is -2.14. The van der Waals surface area contributed by atoms with Gasteiger partial charge in [0.1, 0.15) is 11.5 Å². The Morgan fingerprint density at radius 2 is 1.96 bits per heavy atom. The molecule has 26 heavy (non-hydrogen) atoms. The van der Waals surface area contributed by atoms with Crippen molar-refractivity contribution in [3.8, 4) is 0 Å². The molecule has 2 rings (SSSR count). The van der Waals surface area contributed by atoms with Crippen molar-refractivity contribution in [2.75, 3.05) is 20.8 Å². The first-order valence-electron chi connectivity index (χ1n) is 8.94. The standard InChI is InChI=1S/C21H28O5/c1-4-15(7-10-21(22)23)6-5-11-26-20-9-8-16-12-17(24-2)13-18(25-3)14-19(16)20/h4-6,12,14,20H,7-11,13H2,1-3H3,(H,22,23)/b6-5-,15-4+. The molecule has 1 atom stereocenters. The van der Waals surface area contributed by atoms with Gasteiger partial charge in [0.15, 0.2) is 0 Å². The van der Waals surface area contributed by atoms with Gasteiger partial charge >= 0.3 is 5.97 Å². The highest BCUT2D eigenvalue weighted by Gasteiger charge is 2.26. The smallest absolute Gasteiger partial charge is 0.303 e. The number of aliphatic carboxylic acids is 1. The lowest BCUT2D eigenvalue weighted by Crippen LogP contribution is -2.11. The summed E-state index contributed by atoms with van der Waals surface area (Å²) in [5, 5.41) is 8.77. The van der Waals surface area contributed by atoms with Crippen LogP contribution in [0.3, 0.4) is 0 Å². The van der Waals surface area contributed by atoms with Gasteiger partial charge in [0, 0.05) is 6.42 Å². The van der Waals surface area contributed by atoms with E-state index in [1.165, 1.54) is 11.1 Å². The largest absolute Gasteiger partial charge is 0.501 e. The maximum absolute atomic E-state index is 10.7. The first kappa shape index (κ1) is 20.0. The van der Waals surface area contributed by atoms with Crippen molar-refractivity contribution in [2.24, 2.45) is 0 Å². The molecule has 0 saturated heterocycles. The summed E-state index contributed by atoms with van der Waals surface area (Å²) in [5.41, 5.74) is 3.42. The van der Waals surface area contributed by atoms with Gasteiger partial charge in [0.05, 0.1) is 33.4 Å². The fourth-order valence-corrected chi connectivity index (χ4v) is 3.16. The molecule has 142 valence electrons. The van der Waals surface area contributed by atoms with Gasteiger partial charge in [-0.05, 0) is 49.5 Å². The molecule has 2 aliphatic rings. The number of allylic oxidation sites excluding steroid dienone is 5. The van der Waals surface area contributed by atoms with Crippen molar-refractivity contribution in [1.82, 2.24) is 0 Å². The summed E-state index contributed by atoms with van der Waals surface area (Å²) in [6.45, 7) is 2.40. The second-order valence-corrected chi connectivity index (χ2v) is 6.31. The average Bonchev–Trinajstić information content (AvgIpc) is 2.90. The number of ether oxygens (including phenoxy) is 3. The second kappa shape index (κ2) is 10.0. The molecular formula is C21H28O5. The quantitative estimate of drug-likeness (QED) is 0.621. The van der Waals surface area contributed by atoms with E-state index in [9.17, 15) is 4.79 Å². The van der Waals surface area contributed by atoms with Crippen LogP contribution in [0.2, 0.25) is 0 Å². The molecule has 5 nitrogen and oxygen atoms in total. The minimum Gasteiger partial charge on any atom is -0.501 e. The van der Waals surface area contributed by atoms with Crippen LogP contribution in [0, 0.1) is 0 Å². The zero-order valence-electron chi connectivity index (χ0n) is 15.8. The van der Waals surface area contributed by atoms with Crippen LogP contribution in [0.5, 0.6) is 0 Å². The molecule has 0 spiro atoms. The van der Waals surface area contributed by atoms with Crippen molar-refractivity contribution in [3.05, 3.63) is 58.6 Å². The molecule has 1 N–H and O–H groups in total. The lowest BCUT2D eigenvalue weighted by molar-refractivity contribution is -0.136. The van der Waals surface area contributed by atoms with E-state index in [-0.39, 0.29) is 12.5 Å². The summed E-state index contributed by atoms with van der Waals surface area (Å²) in [5.74, 6) is 0.996. The lowest BCUT2D eigenvalue weighted by atomic mass is 10.1. The average molecular weight is 360 g/mol. The molecule has 0 aromatic carbocycles. The van der Waals surface area contributed by atoms with Crippen LogP contribution in [0.1, 0.15) is 39.0 Å². The summed E-state index contributed by atoms with van der Waals surface area (Å²) in [6.07, 6.45) is 13.3. The van der Waals surface area contributed by atoms with Gasteiger partial charge in [-0.25, -0.2) is 0 Å². The number of hydrogen-bond acceptors (Lipinski definition) is 4. The third-order valence-electron chi connectivity index (χ3n) is 4.64. The monoisotopic (exact) mass is 360 g/mol. The Morgan fingerprint density at radius 3 is 2.62 bits per heavy atom. The minimum absolute atomic E-state index is 0.0420. The SMILES string of the molecule is C/C=C(\C=C/COC1CCC2=C1C=C(OC)CC(OC)=C2)CCC(=O)O. The van der Waals surface area contributed by atoms with Crippen molar-refractivity contribution < 1.29 is 24.1 Å². The molecular weight excluding hydrogens is 332 g/mol. The number of carboxylic acids is 1. The highest BCUT2D eigenvalue weighted by molar-refractivity contribution is 5.67. The fraction of sp³-hybridized carbons (Fsp3) is 0.476. The van der Waals surface area contributed by atoms with Gasteiger partial charge in [-0.1, -0.05) is 23.8 Å². The van der Waals surface area contributed by atoms with Crippen molar-refractivity contribution in [1.29, 1.82) is 0 Å². The first-order chi connectivity index (χ1) is 12.6. The van der Waals surface area contributed by atoms with Crippen LogP contribution in [0.25, 0.3) is 0 Å². The van der Waals surface area contributed by atoms with Gasteiger partial charge in [-0.3, -0.25) is 4.79 Å². The number of methoxy groups -OCH3 is 2. The number of carboxylic acid groups (broad SMARTS) is 1. The van der Waals surface area contributed by atoms with Gasteiger partial charge in [-0.2, -0.15) is 0 Å². The summed E-state index contributed by atoms with van der Waals surface area (Å²) in [6, 6.07) is 0. The number of rotatable bonds is 9. The molecule has 0 bridgehead atoms. The predicted octanol–water partition coefficient (Wildman–Crippen LogP) is 4.29. The van der Waals surface area contributed by atoms with Crippen molar-refractivity contribution in [3.63, 3.8) is 0 Å². The van der Waals surface area contributed by atoms with Crippen LogP contribution in [-0.2, 0) is 19.0 Å². The molecule has 0 heterocycles. The van der Waals surface area contributed by atoms with Crippen LogP contribution in [-0.4, -0.2) is 38.0 Å². The molecule has 1 unspecified atom stereocenters. The first-order valence-corrected chi connectivity index (χ1v) is 8.94. The zero-order chi connectivity index (χ0) is 18.9. The zero-order valence-corrected chi connectivity index (χ0v) is 15.8. The van der Waals surface area contributed by atoms with Gasteiger partial charge < -0.3 is 19.3 Å². The van der Waals surface area contributed by atoms with Crippen LogP contribution < -0.4 is 0 Å². The highest BCUT2D eigenvalue weighted by Crippen LogP contribution is 2.35. The van der Waals surface area contributed by atoms with E-state index in [1.807, 2.05) is 25.2 Å². The Hall–Kier alpha value is -2.27. The summed E-state index contributed by atoms with van der Waals surface area (Å²) >= 11 is 0. The predicted molar refractivity (Wildman–Crippen MR) is 101 cm³/mol. The normalized spacial score (nSPS) is 20.6. The van der Waals surface area contributed by atoms with E-state index < -0.39 is 5.97 Å². The van der Waals surface area contributed by atoms with Gasteiger partial charge in [0.2, 0.25) is 0 Å². The van der Waals surface area contributed by atoms with E-state index in [0.717, 1.165) is 29.9 Å². The van der Waals surface area contributed by atoms with Gasteiger partial charge in [-0.15, -0.1) is 0 Å². The second-order valence-electron chi connectivity index (χ2n) is 6.31. The highest BCUT2D eigenvalue weighted by atomic mass is 16.5. The summed E-state index contributed by atoms with van der Waals surface area (Å²) in [4.78, 5) is 10.7. The van der Waals surface area contributed by atoms with Crippen molar-refractivity contribution >= 4 is 5.97 Å². The van der Waals surface area contributed by atoms with E-state index in [1.54, 1.807) is 14.2 Å². The van der Waals surface area contributed by atoms with Crippen LogP contribution >= 0.6 is 0 Å². The summed E-state index contributed by atoms with van der Waals surface area (Å²) in [7, 11) is 3.36. The van der Waals surface area contributed by atoms with E-state index in [2.05, 4.69) is 12.2 Å². The Morgan fingerprint density at radius 1 is 1.23 bits per heavy atom. The fourth-order valence-electron chi connectivity index (χ4n) is 3.16. The molecule has 0 aromatic heterocycles. The van der Waals surface area contributed by atoms with Crippen molar-refractivity contribution in [2.45, 2.75) is 45.1 Å². The Bertz CT molecular complexity index is 664. The Labute approximate surface area is 155 Å². The third-order valence-corrected chi connectivity index (χ3v) is 4.64. The van der Waals surface area contributed by atoms with Crippen LogP contribution in [0.15, 0.2) is 58.6 Å². The maximum atomic E-state index is 10.7. The minimum atomic E-state index is -0.781. The van der Waals surface area contributed by atoms with E-state index in [4.69, 9.17) is 19.3 Å². The van der Waals surface area contributed by atoms with Gasteiger partial charge in [0.25, 0.3) is 0 Å². The Balaban J connectivity index is 1.96. The topological polar surface area (TPSA) is 65.0 Å². The summed E-state index contributed by atoms with van der Waals surface area (Å²) < 4.78 is 16.9. The number of hydrogen-bond donors (Lipinski definition) is 1. The van der Waals surface area contributed by atoms with Crippen LogP contribution in [0.4, 0.5) is 0 Å². The molecule has 0 aromatic rings. The Kier molecular flexibility index (Phi) is 7.73. The molecule has 0 aliphatic heterocycles. The number of carbonyl (C=O) groups is 1. The maximum Gasteiger partial charge on any atom is 0.303 e. The molecule has 5 heteroatoms. The molecule has 0 saturated carbocycles. The molecule has 0 amide bonds. The molecule has 2 aliphatic carbocycles. The van der Waals surface area contributed by atoms with E-state index in [0.29, 0.717) is 19.4 Å². The molecule has 0 fully saturated rings. The van der Waals surface area contributed by atoms with E-state index >= 15 is 0 Å². The third kappa shape index (κ3) is 5.63. The molecule has 0 radical (unpaired) electrons.